The summed E-state index contributed by atoms with van der Waals surface area (Å²) in [4.78, 5) is 8.59. The first-order chi connectivity index (χ1) is 9.58. The van der Waals surface area contributed by atoms with Gasteiger partial charge in [0.05, 0.1) is 29.1 Å². The van der Waals surface area contributed by atoms with Crippen LogP contribution in [0.5, 0.6) is 5.75 Å². The molecule has 0 unspecified atom stereocenters. The molecule has 0 radical (unpaired) electrons. The minimum atomic E-state index is -3.33. The molecule has 0 aromatic carbocycles. The van der Waals surface area contributed by atoms with Gasteiger partial charge in [0.15, 0.2) is 9.84 Å². The van der Waals surface area contributed by atoms with Crippen LogP contribution >= 0.6 is 0 Å². The molecule has 0 aliphatic carbocycles. The van der Waals surface area contributed by atoms with Crippen molar-refractivity contribution < 1.29 is 13.2 Å². The third-order valence-corrected chi connectivity index (χ3v) is 4.54. The van der Waals surface area contributed by atoms with Gasteiger partial charge in [0.25, 0.3) is 0 Å². The fourth-order valence-corrected chi connectivity index (χ4v) is 2.81. The van der Waals surface area contributed by atoms with E-state index in [-0.39, 0.29) is 10.6 Å². The fourth-order valence-electron chi connectivity index (χ4n) is 1.76. The van der Waals surface area contributed by atoms with Gasteiger partial charge in [-0.1, -0.05) is 6.92 Å². The van der Waals surface area contributed by atoms with E-state index in [0.717, 1.165) is 0 Å². The molecule has 0 aliphatic heterocycles. The largest absolute Gasteiger partial charge is 0.492 e. The van der Waals surface area contributed by atoms with Gasteiger partial charge in [-0.3, -0.25) is 9.97 Å². The van der Waals surface area contributed by atoms with Crippen molar-refractivity contribution in [1.29, 1.82) is 0 Å². The molecule has 20 heavy (non-hydrogen) atoms. The minimum absolute atomic E-state index is 0.0305. The van der Waals surface area contributed by atoms with E-state index in [0.29, 0.717) is 23.7 Å². The molecule has 0 fully saturated rings. The summed E-state index contributed by atoms with van der Waals surface area (Å²) in [6.07, 6.45) is 3.12. The lowest BCUT2D eigenvalue weighted by atomic mass is 10.2. The van der Waals surface area contributed by atoms with Crippen molar-refractivity contribution in [3.05, 3.63) is 36.7 Å². The van der Waals surface area contributed by atoms with Gasteiger partial charge in [0.2, 0.25) is 0 Å². The van der Waals surface area contributed by atoms with Crippen LogP contribution in [0.3, 0.4) is 0 Å². The van der Waals surface area contributed by atoms with Crippen LogP contribution in [0.2, 0.25) is 0 Å². The molecule has 2 aromatic heterocycles. The topological polar surface area (TPSA) is 69.2 Å². The molecule has 2 rings (SSSR count). The Kier molecular flexibility index (Phi) is 4.34. The summed E-state index contributed by atoms with van der Waals surface area (Å²) < 4.78 is 29.5. The van der Waals surface area contributed by atoms with Crippen LogP contribution in [0.1, 0.15) is 13.8 Å². The highest BCUT2D eigenvalue weighted by Gasteiger charge is 2.19. The van der Waals surface area contributed by atoms with E-state index >= 15 is 0 Å². The van der Waals surface area contributed by atoms with Gasteiger partial charge in [0.1, 0.15) is 11.4 Å². The van der Waals surface area contributed by atoms with Crippen molar-refractivity contribution in [2.75, 3.05) is 12.4 Å². The summed E-state index contributed by atoms with van der Waals surface area (Å²) in [6, 6.07) is 6.63. The van der Waals surface area contributed by atoms with Crippen LogP contribution in [0.15, 0.2) is 41.6 Å². The first-order valence-electron chi connectivity index (χ1n) is 6.35. The molecule has 5 nitrogen and oxygen atoms in total. The van der Waals surface area contributed by atoms with Gasteiger partial charge in [-0.2, -0.15) is 0 Å². The molecule has 0 amide bonds. The quantitative estimate of drug-likeness (QED) is 0.846. The summed E-state index contributed by atoms with van der Waals surface area (Å²) in [5, 5.41) is 0. The number of ether oxygens (including phenoxy) is 1. The molecule has 0 aliphatic rings. The summed E-state index contributed by atoms with van der Waals surface area (Å²) in [5.41, 5.74) is 0.887. The minimum Gasteiger partial charge on any atom is -0.492 e. The molecule has 2 aromatic rings. The van der Waals surface area contributed by atoms with Crippen molar-refractivity contribution in [3.63, 3.8) is 0 Å². The Hall–Kier alpha value is -1.95. The maximum Gasteiger partial charge on any atom is 0.180 e. The lowest BCUT2D eigenvalue weighted by molar-refractivity contribution is 0.339. The molecular formula is C14H16N2O3S. The summed E-state index contributed by atoms with van der Waals surface area (Å²) in [7, 11) is -3.33. The van der Waals surface area contributed by atoms with Crippen molar-refractivity contribution in [2.45, 2.75) is 18.7 Å². The van der Waals surface area contributed by atoms with Crippen molar-refractivity contribution in [1.82, 2.24) is 9.97 Å². The van der Waals surface area contributed by atoms with E-state index in [9.17, 15) is 8.42 Å². The Morgan fingerprint density at radius 3 is 2.55 bits per heavy atom. The van der Waals surface area contributed by atoms with Gasteiger partial charge in [-0.05, 0) is 31.2 Å². The third-order valence-electron chi connectivity index (χ3n) is 2.78. The highest BCUT2D eigenvalue weighted by atomic mass is 32.2. The molecule has 6 heteroatoms. The normalized spacial score (nSPS) is 11.3. The number of nitrogens with zero attached hydrogens (tertiary/aromatic N) is 2. The van der Waals surface area contributed by atoms with E-state index in [2.05, 4.69) is 9.97 Å². The predicted octanol–water partition coefficient (Wildman–Crippen LogP) is 2.34. The second-order valence-electron chi connectivity index (χ2n) is 4.07. The fraction of sp³-hybridized carbons (Fsp3) is 0.286. The highest BCUT2D eigenvalue weighted by Crippen LogP contribution is 2.25. The van der Waals surface area contributed by atoms with Crippen molar-refractivity contribution >= 4 is 9.84 Å². The number of sulfone groups is 1. The number of hydrogen-bond donors (Lipinski definition) is 0. The average molecular weight is 292 g/mol. The van der Waals surface area contributed by atoms with Gasteiger partial charge < -0.3 is 4.74 Å². The predicted molar refractivity (Wildman–Crippen MR) is 76.4 cm³/mol. The van der Waals surface area contributed by atoms with Crippen LogP contribution in [-0.2, 0) is 9.84 Å². The second-order valence-corrected chi connectivity index (χ2v) is 6.31. The number of aromatic nitrogens is 2. The van der Waals surface area contributed by atoms with Crippen LogP contribution in [0.25, 0.3) is 11.4 Å². The first-order valence-corrected chi connectivity index (χ1v) is 8.00. The van der Waals surface area contributed by atoms with Crippen LogP contribution in [0, 0.1) is 0 Å². The van der Waals surface area contributed by atoms with Crippen molar-refractivity contribution in [2.24, 2.45) is 0 Å². The van der Waals surface area contributed by atoms with E-state index < -0.39 is 9.84 Å². The molecule has 0 N–H and O–H groups in total. The van der Waals surface area contributed by atoms with E-state index in [1.54, 1.807) is 43.6 Å². The number of rotatable bonds is 5. The Labute approximate surface area is 118 Å². The molecule has 0 saturated heterocycles. The maximum absolute atomic E-state index is 12.1. The van der Waals surface area contributed by atoms with Crippen LogP contribution < -0.4 is 4.74 Å². The van der Waals surface area contributed by atoms with Gasteiger partial charge >= 0.3 is 0 Å². The summed E-state index contributed by atoms with van der Waals surface area (Å²) >= 11 is 0. The lowest BCUT2D eigenvalue weighted by Gasteiger charge is -2.08. The Morgan fingerprint density at radius 1 is 1.15 bits per heavy atom. The van der Waals surface area contributed by atoms with E-state index in [1.165, 1.54) is 0 Å². The lowest BCUT2D eigenvalue weighted by Crippen LogP contribution is -2.07. The first kappa shape index (κ1) is 14.5. The highest BCUT2D eigenvalue weighted by molar-refractivity contribution is 7.91. The maximum atomic E-state index is 12.1. The summed E-state index contributed by atoms with van der Waals surface area (Å²) in [6.45, 7) is 4.05. The smallest absolute Gasteiger partial charge is 0.180 e. The zero-order valence-corrected chi connectivity index (χ0v) is 12.2. The standard InChI is InChI=1S/C14H16N2O3S/c1-3-19-11-7-8-12(16-10-11)14-13(6-5-9-15-14)20(17,18)4-2/h5-10H,3-4H2,1-2H3. The zero-order chi connectivity index (χ0) is 14.6. The number of pyridine rings is 2. The van der Waals surface area contributed by atoms with E-state index in [1.807, 2.05) is 6.92 Å². The Bertz CT molecular complexity index is 682. The number of hydrogen-bond acceptors (Lipinski definition) is 5. The van der Waals surface area contributed by atoms with Gasteiger partial charge in [-0.15, -0.1) is 0 Å². The van der Waals surface area contributed by atoms with Crippen LogP contribution in [0.4, 0.5) is 0 Å². The Balaban J connectivity index is 2.48. The summed E-state index contributed by atoms with van der Waals surface area (Å²) in [5.74, 6) is 0.676. The third kappa shape index (κ3) is 2.96. The van der Waals surface area contributed by atoms with Gasteiger partial charge in [-0.25, -0.2) is 8.42 Å². The average Bonchev–Trinajstić information content (AvgIpc) is 2.48. The molecule has 0 spiro atoms. The van der Waals surface area contributed by atoms with Gasteiger partial charge in [0, 0.05) is 6.20 Å². The van der Waals surface area contributed by atoms with Crippen LogP contribution in [-0.4, -0.2) is 30.7 Å². The van der Waals surface area contributed by atoms with E-state index in [4.69, 9.17) is 4.74 Å². The Morgan fingerprint density at radius 2 is 1.95 bits per heavy atom. The zero-order valence-electron chi connectivity index (χ0n) is 11.4. The molecule has 0 saturated carbocycles. The molecular weight excluding hydrogens is 276 g/mol. The molecule has 0 atom stereocenters. The second kappa shape index (κ2) is 6.00. The molecule has 106 valence electrons. The van der Waals surface area contributed by atoms with Crippen molar-refractivity contribution in [3.8, 4) is 17.1 Å². The molecule has 0 bridgehead atoms. The SMILES string of the molecule is CCOc1ccc(-c2ncccc2S(=O)(=O)CC)nc1. The molecule has 2 heterocycles. The monoisotopic (exact) mass is 292 g/mol.